The molecule has 0 atom stereocenters. The number of benzene rings is 1. The Morgan fingerprint density at radius 2 is 2.17 bits per heavy atom. The maximum Gasteiger partial charge on any atom is 0.263 e. The second-order valence-corrected chi connectivity index (χ2v) is 5.99. The van der Waals surface area contributed by atoms with Crippen LogP contribution in [0.25, 0.3) is 10.9 Å². The Morgan fingerprint density at radius 3 is 2.88 bits per heavy atom. The molecule has 0 aliphatic heterocycles. The molecule has 0 fully saturated rings. The zero-order valence-electron chi connectivity index (χ0n) is 13.3. The molecular weight excluding hydrogens is 330 g/mol. The molecule has 7 nitrogen and oxygen atoms in total. The van der Waals surface area contributed by atoms with Crippen LogP contribution in [0.1, 0.15) is 5.56 Å². The van der Waals surface area contributed by atoms with Gasteiger partial charge in [-0.2, -0.15) is 5.10 Å². The van der Waals surface area contributed by atoms with E-state index in [0.717, 1.165) is 5.56 Å². The van der Waals surface area contributed by atoms with Gasteiger partial charge < -0.3 is 4.90 Å². The van der Waals surface area contributed by atoms with Crippen molar-refractivity contribution in [3.63, 3.8) is 0 Å². The van der Waals surface area contributed by atoms with E-state index in [2.05, 4.69) is 10.1 Å². The SMILES string of the molecule is CN(Cc1cnn(C)c1)C(=O)Cn1cnc2cccc(Cl)c2c1=O. The molecule has 8 heteroatoms. The van der Waals surface area contributed by atoms with Crippen LogP contribution in [-0.4, -0.2) is 37.2 Å². The number of halogens is 1. The first-order valence-electron chi connectivity index (χ1n) is 7.31. The molecule has 0 spiro atoms. The van der Waals surface area contributed by atoms with E-state index in [1.807, 2.05) is 13.2 Å². The van der Waals surface area contributed by atoms with Crippen LogP contribution in [-0.2, 0) is 24.9 Å². The Kier molecular flexibility index (Phi) is 4.35. The van der Waals surface area contributed by atoms with Gasteiger partial charge >= 0.3 is 0 Å². The van der Waals surface area contributed by atoms with Crippen LogP contribution in [0.15, 0.2) is 41.7 Å². The lowest BCUT2D eigenvalue weighted by Crippen LogP contribution is -2.33. The van der Waals surface area contributed by atoms with Gasteiger partial charge in [0.2, 0.25) is 5.91 Å². The Hall–Kier alpha value is -2.67. The van der Waals surface area contributed by atoms with Gasteiger partial charge in [-0.05, 0) is 12.1 Å². The topological polar surface area (TPSA) is 73.0 Å². The molecule has 3 rings (SSSR count). The third-order valence-corrected chi connectivity index (χ3v) is 4.03. The monoisotopic (exact) mass is 345 g/mol. The molecule has 1 amide bonds. The molecule has 0 aliphatic rings. The smallest absolute Gasteiger partial charge is 0.263 e. The summed E-state index contributed by atoms with van der Waals surface area (Å²) in [5, 5.41) is 4.72. The molecule has 2 heterocycles. The Morgan fingerprint density at radius 1 is 1.38 bits per heavy atom. The maximum absolute atomic E-state index is 12.5. The van der Waals surface area contributed by atoms with Crippen molar-refractivity contribution in [3.8, 4) is 0 Å². The van der Waals surface area contributed by atoms with Crippen molar-refractivity contribution in [1.29, 1.82) is 0 Å². The maximum atomic E-state index is 12.5. The zero-order chi connectivity index (χ0) is 17.3. The summed E-state index contributed by atoms with van der Waals surface area (Å²) < 4.78 is 2.95. The van der Waals surface area contributed by atoms with Gasteiger partial charge in [-0.15, -0.1) is 0 Å². The fraction of sp³-hybridized carbons (Fsp3) is 0.250. The average Bonchev–Trinajstić information content (AvgIpc) is 2.95. The molecule has 124 valence electrons. The summed E-state index contributed by atoms with van der Waals surface area (Å²) in [4.78, 5) is 30.6. The summed E-state index contributed by atoms with van der Waals surface area (Å²) in [5.41, 5.74) is 1.11. The van der Waals surface area contributed by atoms with Gasteiger partial charge in [-0.3, -0.25) is 18.8 Å². The average molecular weight is 346 g/mol. The number of aryl methyl sites for hydroxylation is 1. The van der Waals surface area contributed by atoms with Gasteiger partial charge in [0.05, 0.1) is 28.4 Å². The number of hydrogen-bond donors (Lipinski definition) is 0. The number of aromatic nitrogens is 4. The molecule has 0 bridgehead atoms. The van der Waals surface area contributed by atoms with E-state index in [-0.39, 0.29) is 18.0 Å². The number of nitrogens with zero attached hydrogens (tertiary/aromatic N) is 5. The highest BCUT2D eigenvalue weighted by molar-refractivity contribution is 6.35. The fourth-order valence-electron chi connectivity index (χ4n) is 2.45. The molecule has 2 aromatic heterocycles. The van der Waals surface area contributed by atoms with Crippen molar-refractivity contribution >= 4 is 28.4 Å². The summed E-state index contributed by atoms with van der Waals surface area (Å²) in [6.45, 7) is 0.326. The van der Waals surface area contributed by atoms with Crippen molar-refractivity contribution in [1.82, 2.24) is 24.2 Å². The van der Waals surface area contributed by atoms with Crippen LogP contribution in [0.5, 0.6) is 0 Å². The van der Waals surface area contributed by atoms with E-state index in [1.165, 1.54) is 10.9 Å². The highest BCUT2D eigenvalue weighted by atomic mass is 35.5. The van der Waals surface area contributed by atoms with Gasteiger partial charge in [-0.25, -0.2) is 4.98 Å². The summed E-state index contributed by atoms with van der Waals surface area (Å²) in [7, 11) is 3.50. The van der Waals surface area contributed by atoms with E-state index in [1.54, 1.807) is 41.0 Å². The first-order valence-corrected chi connectivity index (χ1v) is 7.68. The van der Waals surface area contributed by atoms with Gasteiger partial charge in [0.1, 0.15) is 6.54 Å². The van der Waals surface area contributed by atoms with Gasteiger partial charge in [0, 0.05) is 32.4 Å². The highest BCUT2D eigenvalue weighted by Crippen LogP contribution is 2.17. The predicted molar refractivity (Wildman–Crippen MR) is 90.7 cm³/mol. The lowest BCUT2D eigenvalue weighted by molar-refractivity contribution is -0.131. The number of hydrogen-bond acceptors (Lipinski definition) is 4. The van der Waals surface area contributed by atoms with Crippen LogP contribution in [0.2, 0.25) is 5.02 Å². The molecule has 0 unspecified atom stereocenters. The minimum Gasteiger partial charge on any atom is -0.340 e. The van der Waals surface area contributed by atoms with E-state index < -0.39 is 0 Å². The van der Waals surface area contributed by atoms with Gasteiger partial charge in [-0.1, -0.05) is 17.7 Å². The van der Waals surface area contributed by atoms with E-state index in [4.69, 9.17) is 11.6 Å². The Bertz CT molecular complexity index is 963. The first-order chi connectivity index (χ1) is 11.5. The largest absolute Gasteiger partial charge is 0.340 e. The number of carbonyl (C=O) groups is 1. The minimum atomic E-state index is -0.325. The number of carbonyl (C=O) groups excluding carboxylic acids is 1. The zero-order valence-corrected chi connectivity index (χ0v) is 14.1. The molecule has 1 aromatic carbocycles. The lowest BCUT2D eigenvalue weighted by Gasteiger charge is -2.17. The first kappa shape index (κ1) is 16.2. The third kappa shape index (κ3) is 3.16. The van der Waals surface area contributed by atoms with Crippen LogP contribution >= 0.6 is 11.6 Å². The van der Waals surface area contributed by atoms with Crippen molar-refractivity contribution in [3.05, 3.63) is 57.9 Å². The van der Waals surface area contributed by atoms with Crippen molar-refractivity contribution in [2.75, 3.05) is 7.05 Å². The van der Waals surface area contributed by atoms with Crippen LogP contribution in [0, 0.1) is 0 Å². The fourth-order valence-corrected chi connectivity index (χ4v) is 2.70. The van der Waals surface area contributed by atoms with Crippen LogP contribution < -0.4 is 5.56 Å². The van der Waals surface area contributed by atoms with Crippen LogP contribution in [0.3, 0.4) is 0 Å². The molecule has 0 saturated carbocycles. The summed E-state index contributed by atoms with van der Waals surface area (Å²) in [6, 6.07) is 5.07. The molecule has 0 aliphatic carbocycles. The molecule has 3 aromatic rings. The summed E-state index contributed by atoms with van der Waals surface area (Å²) >= 11 is 6.09. The third-order valence-electron chi connectivity index (χ3n) is 3.71. The van der Waals surface area contributed by atoms with E-state index in [9.17, 15) is 9.59 Å². The Balaban J connectivity index is 1.81. The van der Waals surface area contributed by atoms with Crippen molar-refractivity contribution in [2.45, 2.75) is 13.1 Å². The second kappa shape index (κ2) is 6.45. The Labute approximate surface area is 143 Å². The van der Waals surface area contributed by atoms with E-state index in [0.29, 0.717) is 22.5 Å². The lowest BCUT2D eigenvalue weighted by atomic mass is 10.2. The minimum absolute atomic E-state index is 0.0935. The highest BCUT2D eigenvalue weighted by Gasteiger charge is 2.14. The molecular formula is C16H16ClN5O2. The molecule has 0 saturated heterocycles. The number of rotatable bonds is 4. The molecule has 24 heavy (non-hydrogen) atoms. The standard InChI is InChI=1S/C16H16ClN5O2/c1-20(7-11-6-19-21(2)8-11)14(23)9-22-10-18-13-5-3-4-12(17)15(13)16(22)24/h3-6,8,10H,7,9H2,1-2H3. The summed E-state index contributed by atoms with van der Waals surface area (Å²) in [5.74, 6) is -0.200. The van der Waals surface area contributed by atoms with E-state index >= 15 is 0 Å². The predicted octanol–water partition coefficient (Wildman–Crippen LogP) is 1.44. The number of fused-ring (bicyclic) bond motifs is 1. The quantitative estimate of drug-likeness (QED) is 0.717. The van der Waals surface area contributed by atoms with Gasteiger partial charge in [0.25, 0.3) is 5.56 Å². The number of amides is 1. The van der Waals surface area contributed by atoms with Crippen molar-refractivity contribution in [2.24, 2.45) is 7.05 Å². The summed E-state index contributed by atoms with van der Waals surface area (Å²) in [6.07, 6.45) is 4.91. The second-order valence-electron chi connectivity index (χ2n) is 5.58. The molecule has 0 radical (unpaired) electrons. The normalized spacial score (nSPS) is 11.0. The van der Waals surface area contributed by atoms with Crippen LogP contribution in [0.4, 0.5) is 0 Å². The van der Waals surface area contributed by atoms with Crippen molar-refractivity contribution < 1.29 is 4.79 Å². The van der Waals surface area contributed by atoms with Gasteiger partial charge in [0.15, 0.2) is 0 Å². The number of likely N-dealkylation sites (N-methyl/N-ethyl adjacent to an activating group) is 1. The molecule has 0 N–H and O–H groups in total.